The molecule has 0 aliphatic heterocycles. The molecule has 2 atom stereocenters. The van der Waals surface area contributed by atoms with Gasteiger partial charge in [0.15, 0.2) is 0 Å². The zero-order chi connectivity index (χ0) is 13.5. The van der Waals surface area contributed by atoms with Crippen LogP contribution in [0.15, 0.2) is 24.3 Å². The van der Waals surface area contributed by atoms with Gasteiger partial charge >= 0.3 is 0 Å². The largest absolute Gasteiger partial charge is 0.392 e. The molecular weight excluding hydrogens is 246 g/mol. The van der Waals surface area contributed by atoms with Crippen molar-refractivity contribution in [3.05, 3.63) is 29.8 Å². The highest BCUT2D eigenvalue weighted by Crippen LogP contribution is 2.17. The van der Waals surface area contributed by atoms with Gasteiger partial charge in [-0.3, -0.25) is 4.79 Å². The first-order valence-corrected chi connectivity index (χ1v) is 7.20. The average molecular weight is 267 g/mol. The lowest BCUT2D eigenvalue weighted by Gasteiger charge is -2.13. The number of carbonyl (C=O) groups is 1. The van der Waals surface area contributed by atoms with Crippen molar-refractivity contribution in [2.45, 2.75) is 38.5 Å². The molecule has 1 aromatic rings. The molecule has 0 spiro atoms. The lowest BCUT2D eigenvalue weighted by Crippen LogP contribution is -2.18. The molecule has 1 rings (SSSR count). The van der Waals surface area contributed by atoms with Gasteiger partial charge in [0.1, 0.15) is 0 Å². The van der Waals surface area contributed by atoms with Crippen LogP contribution in [0.5, 0.6) is 0 Å². The summed E-state index contributed by atoms with van der Waals surface area (Å²) in [5.41, 5.74) is 1.94. The third-order valence-electron chi connectivity index (χ3n) is 2.81. The van der Waals surface area contributed by atoms with Gasteiger partial charge in [-0.15, -0.1) is 0 Å². The average Bonchev–Trinajstić information content (AvgIpc) is 2.32. The van der Waals surface area contributed by atoms with Crippen LogP contribution in [0, 0.1) is 6.92 Å². The second-order valence-electron chi connectivity index (χ2n) is 4.43. The Balaban J connectivity index is 2.33. The predicted octanol–water partition coefficient (Wildman–Crippen LogP) is 2.83. The molecule has 1 amide bonds. The van der Waals surface area contributed by atoms with Gasteiger partial charge in [-0.2, -0.15) is 11.8 Å². The number of amides is 1. The number of aryl methyl sites for hydroxylation is 1. The maximum absolute atomic E-state index is 11.7. The molecule has 0 aromatic heterocycles. The first-order chi connectivity index (χ1) is 8.50. The number of benzene rings is 1. The zero-order valence-electron chi connectivity index (χ0n) is 11.1. The van der Waals surface area contributed by atoms with Crippen LogP contribution in [0.1, 0.15) is 25.8 Å². The van der Waals surface area contributed by atoms with E-state index in [4.69, 9.17) is 0 Å². The van der Waals surface area contributed by atoms with E-state index in [1.165, 1.54) is 0 Å². The summed E-state index contributed by atoms with van der Waals surface area (Å²) in [4.78, 5) is 11.7. The minimum atomic E-state index is -0.338. The Kier molecular flexibility index (Phi) is 6.22. The lowest BCUT2D eigenvalue weighted by atomic mass is 10.2. The molecule has 0 saturated carbocycles. The highest BCUT2D eigenvalue weighted by atomic mass is 32.2. The number of aliphatic hydroxyl groups is 1. The minimum Gasteiger partial charge on any atom is -0.392 e. The molecule has 18 heavy (non-hydrogen) atoms. The molecular formula is C14H21NO2S. The summed E-state index contributed by atoms with van der Waals surface area (Å²) < 4.78 is 0. The molecule has 0 saturated heterocycles. The van der Waals surface area contributed by atoms with Gasteiger partial charge in [-0.1, -0.05) is 25.1 Å². The quantitative estimate of drug-likeness (QED) is 0.833. The van der Waals surface area contributed by atoms with Crippen molar-refractivity contribution in [2.24, 2.45) is 0 Å². The molecule has 3 nitrogen and oxygen atoms in total. The summed E-state index contributed by atoms with van der Waals surface area (Å²) in [6.45, 7) is 5.71. The standard InChI is InChI=1S/C14H21NO2S/c1-10-6-4-5-7-13(10)15-14(17)8-9-18-12(3)11(2)16/h4-7,11-12,16H,8-9H2,1-3H3,(H,15,17)/t11-,12+/m1/s1. The van der Waals surface area contributed by atoms with Crippen molar-refractivity contribution in [1.82, 2.24) is 0 Å². The van der Waals surface area contributed by atoms with Gasteiger partial charge in [0.2, 0.25) is 5.91 Å². The van der Waals surface area contributed by atoms with Crippen molar-refractivity contribution in [3.8, 4) is 0 Å². The molecule has 0 radical (unpaired) electrons. The fourth-order valence-corrected chi connectivity index (χ4v) is 2.36. The Morgan fingerprint density at radius 3 is 2.67 bits per heavy atom. The van der Waals surface area contributed by atoms with Crippen LogP contribution in [-0.2, 0) is 4.79 Å². The number of rotatable bonds is 6. The minimum absolute atomic E-state index is 0.0228. The number of hydrogen-bond donors (Lipinski definition) is 2. The molecule has 1 aromatic carbocycles. The summed E-state index contributed by atoms with van der Waals surface area (Å²) >= 11 is 1.62. The Morgan fingerprint density at radius 2 is 2.06 bits per heavy atom. The van der Waals surface area contributed by atoms with Crippen LogP contribution in [0.2, 0.25) is 0 Å². The van der Waals surface area contributed by atoms with E-state index >= 15 is 0 Å². The molecule has 0 aliphatic rings. The van der Waals surface area contributed by atoms with Gasteiger partial charge in [-0.05, 0) is 25.5 Å². The third kappa shape index (κ3) is 5.10. The Bertz CT molecular complexity index is 393. The van der Waals surface area contributed by atoms with Gasteiger partial charge in [0.05, 0.1) is 6.10 Å². The number of aliphatic hydroxyl groups excluding tert-OH is 1. The predicted molar refractivity (Wildman–Crippen MR) is 78.0 cm³/mol. The van der Waals surface area contributed by atoms with Crippen LogP contribution >= 0.6 is 11.8 Å². The molecule has 0 fully saturated rings. The highest BCUT2D eigenvalue weighted by molar-refractivity contribution is 7.99. The normalized spacial score (nSPS) is 14.0. The van der Waals surface area contributed by atoms with Crippen LogP contribution < -0.4 is 5.32 Å². The number of hydrogen-bond acceptors (Lipinski definition) is 3. The highest BCUT2D eigenvalue weighted by Gasteiger charge is 2.10. The smallest absolute Gasteiger partial charge is 0.225 e. The van der Waals surface area contributed by atoms with Gasteiger partial charge < -0.3 is 10.4 Å². The molecule has 0 aliphatic carbocycles. The van der Waals surface area contributed by atoms with Crippen molar-refractivity contribution in [1.29, 1.82) is 0 Å². The van der Waals surface area contributed by atoms with Crippen molar-refractivity contribution in [2.75, 3.05) is 11.1 Å². The number of carbonyl (C=O) groups excluding carboxylic acids is 1. The van der Waals surface area contributed by atoms with E-state index < -0.39 is 0 Å². The molecule has 100 valence electrons. The van der Waals surface area contributed by atoms with Crippen molar-refractivity contribution >= 4 is 23.4 Å². The van der Waals surface area contributed by atoms with Crippen LogP contribution in [0.3, 0.4) is 0 Å². The van der Waals surface area contributed by atoms with E-state index in [0.717, 1.165) is 17.0 Å². The first-order valence-electron chi connectivity index (χ1n) is 6.16. The second-order valence-corrected chi connectivity index (χ2v) is 5.91. The summed E-state index contributed by atoms with van der Waals surface area (Å²) in [7, 11) is 0. The van der Waals surface area contributed by atoms with Crippen LogP contribution in [0.4, 0.5) is 5.69 Å². The summed E-state index contributed by atoms with van der Waals surface area (Å²) in [6.07, 6.45) is 0.130. The van der Waals surface area contributed by atoms with Crippen molar-refractivity contribution in [3.63, 3.8) is 0 Å². The molecule has 4 heteroatoms. The second kappa shape index (κ2) is 7.44. The van der Waals surface area contributed by atoms with E-state index in [1.807, 2.05) is 38.1 Å². The Hall–Kier alpha value is -1.000. The number of thioether (sulfide) groups is 1. The van der Waals surface area contributed by atoms with E-state index in [2.05, 4.69) is 5.32 Å². The number of anilines is 1. The third-order valence-corrected chi connectivity index (χ3v) is 4.17. The maximum atomic E-state index is 11.7. The van der Waals surface area contributed by atoms with Crippen molar-refractivity contribution < 1.29 is 9.90 Å². The first kappa shape index (κ1) is 15.1. The van der Waals surface area contributed by atoms with E-state index in [1.54, 1.807) is 18.7 Å². The van der Waals surface area contributed by atoms with Crippen LogP contribution in [-0.4, -0.2) is 28.1 Å². The van der Waals surface area contributed by atoms with E-state index in [9.17, 15) is 9.90 Å². The maximum Gasteiger partial charge on any atom is 0.225 e. The molecule has 0 bridgehead atoms. The number of para-hydroxylation sites is 1. The topological polar surface area (TPSA) is 49.3 Å². The zero-order valence-corrected chi connectivity index (χ0v) is 12.0. The molecule has 2 N–H and O–H groups in total. The van der Waals surface area contributed by atoms with E-state index in [-0.39, 0.29) is 17.3 Å². The van der Waals surface area contributed by atoms with Gasteiger partial charge in [0.25, 0.3) is 0 Å². The summed E-state index contributed by atoms with van der Waals surface area (Å²) in [5, 5.41) is 12.4. The van der Waals surface area contributed by atoms with Crippen LogP contribution in [0.25, 0.3) is 0 Å². The van der Waals surface area contributed by atoms with Gasteiger partial charge in [-0.25, -0.2) is 0 Å². The fraction of sp³-hybridized carbons (Fsp3) is 0.500. The van der Waals surface area contributed by atoms with Gasteiger partial charge in [0, 0.05) is 23.1 Å². The monoisotopic (exact) mass is 267 g/mol. The molecule has 0 unspecified atom stereocenters. The number of nitrogens with one attached hydrogen (secondary N) is 1. The summed E-state index contributed by atoms with van der Waals surface area (Å²) in [6, 6.07) is 7.73. The SMILES string of the molecule is Cc1ccccc1NC(=O)CCS[C@@H](C)[C@@H](C)O. The fourth-order valence-electron chi connectivity index (χ4n) is 1.40. The lowest BCUT2D eigenvalue weighted by molar-refractivity contribution is -0.115. The van der Waals surface area contributed by atoms with E-state index in [0.29, 0.717) is 6.42 Å². The Morgan fingerprint density at radius 1 is 1.39 bits per heavy atom. The summed E-state index contributed by atoms with van der Waals surface area (Å²) in [5.74, 6) is 0.749. The Labute approximate surface area is 113 Å². The molecule has 0 heterocycles.